The Morgan fingerprint density at radius 1 is 1.33 bits per heavy atom. The van der Waals surface area contributed by atoms with Crippen molar-refractivity contribution in [1.29, 1.82) is 0 Å². The second-order valence-electron chi connectivity index (χ2n) is 4.42. The highest BCUT2D eigenvalue weighted by Crippen LogP contribution is 2.03. The summed E-state index contributed by atoms with van der Waals surface area (Å²) in [6, 6.07) is 7.99. The summed E-state index contributed by atoms with van der Waals surface area (Å²) in [4.78, 5) is 11.5. The molecule has 1 aromatic carbocycles. The fourth-order valence-electron chi connectivity index (χ4n) is 1.66. The highest BCUT2D eigenvalue weighted by Gasteiger charge is 2.10. The summed E-state index contributed by atoms with van der Waals surface area (Å²) in [7, 11) is 0. The molecule has 0 fully saturated rings. The summed E-state index contributed by atoms with van der Waals surface area (Å²) >= 11 is 0. The van der Waals surface area contributed by atoms with Crippen LogP contribution in [0, 0.1) is 6.92 Å². The van der Waals surface area contributed by atoms with Gasteiger partial charge < -0.3 is 11.1 Å². The number of nitrogens with one attached hydrogen (secondary N) is 1. The molecule has 0 saturated heterocycles. The molecule has 3 N–H and O–H groups in total. The summed E-state index contributed by atoms with van der Waals surface area (Å²) in [5.41, 5.74) is 8.20. The quantitative estimate of drug-likeness (QED) is 0.833. The number of benzene rings is 1. The standard InChI is InChI=1S/C14H22N2O.ClH/c1-3-4-13(15)14(17)16-10-9-12-7-5-11(2)6-8-12;/h5-8,13H,3-4,9-10,15H2,1-2H3,(H,16,17);1H. The van der Waals surface area contributed by atoms with E-state index in [2.05, 4.69) is 36.5 Å². The van der Waals surface area contributed by atoms with Gasteiger partial charge in [-0.25, -0.2) is 0 Å². The zero-order chi connectivity index (χ0) is 12.7. The van der Waals surface area contributed by atoms with Gasteiger partial charge in [-0.1, -0.05) is 43.2 Å². The minimum Gasteiger partial charge on any atom is -0.354 e. The Morgan fingerprint density at radius 2 is 1.94 bits per heavy atom. The van der Waals surface area contributed by atoms with Crippen LogP contribution in [-0.4, -0.2) is 18.5 Å². The van der Waals surface area contributed by atoms with Gasteiger partial charge in [0.1, 0.15) is 0 Å². The van der Waals surface area contributed by atoms with Gasteiger partial charge in [-0.05, 0) is 25.3 Å². The van der Waals surface area contributed by atoms with Gasteiger partial charge in [-0.2, -0.15) is 0 Å². The van der Waals surface area contributed by atoms with Crippen LogP contribution >= 0.6 is 12.4 Å². The van der Waals surface area contributed by atoms with Crippen LogP contribution in [0.1, 0.15) is 30.9 Å². The average Bonchev–Trinajstić information content (AvgIpc) is 2.32. The van der Waals surface area contributed by atoms with Crippen molar-refractivity contribution in [1.82, 2.24) is 5.32 Å². The summed E-state index contributed by atoms with van der Waals surface area (Å²) < 4.78 is 0. The van der Waals surface area contributed by atoms with Gasteiger partial charge in [0.15, 0.2) is 0 Å². The Labute approximate surface area is 116 Å². The SMILES string of the molecule is CCCC(N)C(=O)NCCc1ccc(C)cc1.Cl. The van der Waals surface area contributed by atoms with Crippen LogP contribution in [0.3, 0.4) is 0 Å². The van der Waals surface area contributed by atoms with Crippen LogP contribution in [0.2, 0.25) is 0 Å². The molecule has 0 aromatic heterocycles. The van der Waals surface area contributed by atoms with E-state index < -0.39 is 0 Å². The molecule has 0 bridgehead atoms. The molecule has 1 unspecified atom stereocenters. The average molecular weight is 271 g/mol. The third-order valence-corrected chi connectivity index (χ3v) is 2.77. The fourth-order valence-corrected chi connectivity index (χ4v) is 1.66. The van der Waals surface area contributed by atoms with Crippen LogP contribution in [-0.2, 0) is 11.2 Å². The number of carbonyl (C=O) groups excluding carboxylic acids is 1. The molecule has 0 heterocycles. The molecule has 1 amide bonds. The van der Waals surface area contributed by atoms with Gasteiger partial charge >= 0.3 is 0 Å². The van der Waals surface area contributed by atoms with Crippen molar-refractivity contribution in [3.8, 4) is 0 Å². The number of nitrogens with two attached hydrogens (primary N) is 1. The number of hydrogen-bond acceptors (Lipinski definition) is 2. The highest BCUT2D eigenvalue weighted by molar-refractivity contribution is 5.85. The lowest BCUT2D eigenvalue weighted by atomic mass is 10.1. The maximum atomic E-state index is 11.5. The van der Waals surface area contributed by atoms with E-state index in [1.54, 1.807) is 0 Å². The van der Waals surface area contributed by atoms with Gasteiger partial charge in [-0.3, -0.25) is 4.79 Å². The van der Waals surface area contributed by atoms with E-state index in [1.165, 1.54) is 11.1 Å². The summed E-state index contributed by atoms with van der Waals surface area (Å²) in [6.07, 6.45) is 2.54. The molecular weight excluding hydrogens is 248 g/mol. The van der Waals surface area contributed by atoms with Gasteiger partial charge in [0.05, 0.1) is 6.04 Å². The lowest BCUT2D eigenvalue weighted by molar-refractivity contribution is -0.122. The number of carbonyl (C=O) groups is 1. The molecule has 0 radical (unpaired) electrons. The first-order chi connectivity index (χ1) is 8.13. The van der Waals surface area contributed by atoms with Gasteiger partial charge in [0.25, 0.3) is 0 Å². The lowest BCUT2D eigenvalue weighted by Crippen LogP contribution is -2.41. The minimum absolute atomic E-state index is 0. The Bertz CT molecular complexity index is 351. The maximum absolute atomic E-state index is 11.5. The maximum Gasteiger partial charge on any atom is 0.236 e. The molecule has 1 rings (SSSR count). The molecular formula is C14H23ClN2O. The van der Waals surface area contributed by atoms with Crippen molar-refractivity contribution in [2.75, 3.05) is 6.54 Å². The van der Waals surface area contributed by atoms with Crippen molar-refractivity contribution >= 4 is 18.3 Å². The molecule has 1 aromatic rings. The molecule has 0 aliphatic carbocycles. The first-order valence-corrected chi connectivity index (χ1v) is 6.22. The van der Waals surface area contributed by atoms with E-state index in [4.69, 9.17) is 5.73 Å². The molecule has 18 heavy (non-hydrogen) atoms. The number of rotatable bonds is 6. The van der Waals surface area contributed by atoms with Crippen molar-refractivity contribution in [2.24, 2.45) is 5.73 Å². The molecule has 0 spiro atoms. The number of hydrogen-bond donors (Lipinski definition) is 2. The summed E-state index contributed by atoms with van der Waals surface area (Å²) in [6.45, 7) is 4.74. The van der Waals surface area contributed by atoms with Crippen LogP contribution in [0.4, 0.5) is 0 Å². The number of halogens is 1. The predicted octanol–water partition coefficient (Wildman–Crippen LogP) is 2.20. The third kappa shape index (κ3) is 6.03. The molecule has 1 atom stereocenters. The smallest absolute Gasteiger partial charge is 0.236 e. The minimum atomic E-state index is -0.363. The molecule has 4 heteroatoms. The van der Waals surface area contributed by atoms with E-state index in [1.807, 2.05) is 6.92 Å². The van der Waals surface area contributed by atoms with E-state index in [-0.39, 0.29) is 24.4 Å². The first-order valence-electron chi connectivity index (χ1n) is 6.22. The van der Waals surface area contributed by atoms with E-state index in [9.17, 15) is 4.79 Å². The van der Waals surface area contributed by atoms with Gasteiger partial charge in [0.2, 0.25) is 5.91 Å². The summed E-state index contributed by atoms with van der Waals surface area (Å²) in [5.74, 6) is -0.0426. The van der Waals surface area contributed by atoms with Gasteiger partial charge in [-0.15, -0.1) is 12.4 Å². The Hall–Kier alpha value is -1.06. The Kier molecular flexibility index (Phi) is 8.42. The molecule has 0 aliphatic rings. The van der Waals surface area contributed by atoms with Crippen LogP contribution < -0.4 is 11.1 Å². The molecule has 102 valence electrons. The van der Waals surface area contributed by atoms with Crippen LogP contribution in [0.5, 0.6) is 0 Å². The third-order valence-electron chi connectivity index (χ3n) is 2.77. The number of aryl methyl sites for hydroxylation is 1. The van der Waals surface area contributed by atoms with E-state index >= 15 is 0 Å². The van der Waals surface area contributed by atoms with E-state index in [0.29, 0.717) is 6.54 Å². The molecule has 0 aliphatic heterocycles. The van der Waals surface area contributed by atoms with Gasteiger partial charge in [0, 0.05) is 6.54 Å². The second kappa shape index (κ2) is 8.95. The molecule has 0 saturated carbocycles. The zero-order valence-corrected chi connectivity index (χ0v) is 11.9. The van der Waals surface area contributed by atoms with Crippen molar-refractivity contribution < 1.29 is 4.79 Å². The normalized spacial score (nSPS) is 11.5. The Morgan fingerprint density at radius 3 is 2.50 bits per heavy atom. The lowest BCUT2D eigenvalue weighted by Gasteiger charge is -2.11. The topological polar surface area (TPSA) is 55.1 Å². The monoisotopic (exact) mass is 270 g/mol. The van der Waals surface area contributed by atoms with Crippen molar-refractivity contribution in [3.05, 3.63) is 35.4 Å². The van der Waals surface area contributed by atoms with Crippen molar-refractivity contribution in [3.63, 3.8) is 0 Å². The fraction of sp³-hybridized carbons (Fsp3) is 0.500. The number of amides is 1. The summed E-state index contributed by atoms with van der Waals surface area (Å²) in [5, 5.41) is 2.87. The first kappa shape index (κ1) is 16.9. The van der Waals surface area contributed by atoms with Crippen molar-refractivity contribution in [2.45, 2.75) is 39.2 Å². The van der Waals surface area contributed by atoms with Crippen LogP contribution in [0.15, 0.2) is 24.3 Å². The largest absolute Gasteiger partial charge is 0.354 e. The zero-order valence-electron chi connectivity index (χ0n) is 11.1. The van der Waals surface area contributed by atoms with E-state index in [0.717, 1.165) is 19.3 Å². The highest BCUT2D eigenvalue weighted by atomic mass is 35.5. The second-order valence-corrected chi connectivity index (χ2v) is 4.42. The predicted molar refractivity (Wildman–Crippen MR) is 78.0 cm³/mol. The Balaban J connectivity index is 0.00000289. The molecule has 3 nitrogen and oxygen atoms in total. The van der Waals surface area contributed by atoms with Crippen LogP contribution in [0.25, 0.3) is 0 Å².